The van der Waals surface area contributed by atoms with Crippen molar-refractivity contribution < 1.29 is 50.7 Å². The molecule has 0 aliphatic carbocycles. The Hall–Kier alpha value is -0.550. The maximum atomic E-state index is 10.7. The average Bonchev–Trinajstić information content (AvgIpc) is 2.16. The summed E-state index contributed by atoms with van der Waals surface area (Å²) >= 11 is 0. The molecule has 4 nitrogen and oxygen atoms in total. The smallest absolute Gasteiger partial charge is 1.00 e. The van der Waals surface area contributed by atoms with Crippen molar-refractivity contribution in [3.8, 4) is 5.75 Å². The van der Waals surface area contributed by atoms with Crippen LogP contribution in [-0.4, -0.2) is 23.3 Å². The molecule has 0 amide bonds. The van der Waals surface area contributed by atoms with E-state index in [2.05, 4.69) is 0 Å². The van der Waals surface area contributed by atoms with Crippen LogP contribution in [0.4, 0.5) is 0 Å². The molecule has 0 spiro atoms. The van der Waals surface area contributed by atoms with Gasteiger partial charge in [-0.15, -0.1) is 0 Å². The molecule has 0 saturated carbocycles. The first-order chi connectivity index (χ1) is 6.20. The number of carbonyl (C=O) groups is 1. The zero-order valence-corrected chi connectivity index (χ0v) is 10.2. The van der Waals surface area contributed by atoms with Crippen LogP contribution in [0.5, 0.6) is 5.75 Å². The van der Waals surface area contributed by atoms with Gasteiger partial charge in [-0.05, 0) is 12.1 Å². The van der Waals surface area contributed by atoms with Crippen LogP contribution in [0.15, 0.2) is 18.2 Å². The zero-order chi connectivity index (χ0) is 9.84. The van der Waals surface area contributed by atoms with Crippen molar-refractivity contribution in [3.05, 3.63) is 29.3 Å². The minimum atomic E-state index is -1.07. The average molecular weight is 206 g/mol. The summed E-state index contributed by atoms with van der Waals surface area (Å²) in [6.45, 7) is -0.342. The van der Waals surface area contributed by atoms with E-state index in [-0.39, 0.29) is 43.2 Å². The topological polar surface area (TPSA) is 66.8 Å². The molecule has 0 aliphatic heterocycles. The van der Waals surface area contributed by atoms with E-state index in [1.54, 1.807) is 12.1 Å². The zero-order valence-electron chi connectivity index (χ0n) is 9.15. The Morgan fingerprint density at radius 3 is 2.64 bits per heavy atom. The van der Waals surface area contributed by atoms with E-state index in [1.165, 1.54) is 13.2 Å². The number of methoxy groups -OCH3 is 1. The number of carboxylic acid groups (broad SMARTS) is 1. The Labute approximate surface area is 105 Å². The fourth-order valence-corrected chi connectivity index (χ4v) is 1.12. The van der Waals surface area contributed by atoms with E-state index in [1.807, 2.05) is 0 Å². The molecule has 14 heavy (non-hydrogen) atoms. The van der Waals surface area contributed by atoms with E-state index < -0.39 is 5.97 Å². The van der Waals surface area contributed by atoms with Crippen molar-refractivity contribution >= 4 is 5.97 Å². The fraction of sp³-hybridized carbons (Fsp3) is 0.222. The molecule has 0 radical (unpaired) electrons. The quantitative estimate of drug-likeness (QED) is 0.561. The van der Waals surface area contributed by atoms with Gasteiger partial charge in [-0.25, -0.2) is 4.79 Å². The van der Waals surface area contributed by atoms with Crippen LogP contribution >= 0.6 is 0 Å². The minimum Gasteiger partial charge on any atom is -1.00 e. The third-order valence-electron chi connectivity index (χ3n) is 1.74. The summed E-state index contributed by atoms with van der Waals surface area (Å²) in [7, 11) is 1.43. The van der Waals surface area contributed by atoms with Crippen molar-refractivity contribution in [1.29, 1.82) is 0 Å². The largest absolute Gasteiger partial charge is 1.00 e. The molecule has 72 valence electrons. The molecule has 0 unspecified atom stereocenters. The third kappa shape index (κ3) is 2.72. The summed E-state index contributed by atoms with van der Waals surface area (Å²) in [5.41, 5.74) is 0.374. The minimum absolute atomic E-state index is 0. The van der Waals surface area contributed by atoms with Crippen LogP contribution in [0.25, 0.3) is 0 Å². The summed E-state index contributed by atoms with van der Waals surface area (Å²) in [6.07, 6.45) is 0. The Balaban J connectivity index is 0. The molecule has 0 fully saturated rings. The summed E-state index contributed by atoms with van der Waals surface area (Å²) < 4.78 is 4.90. The van der Waals surface area contributed by atoms with E-state index >= 15 is 0 Å². The summed E-state index contributed by atoms with van der Waals surface area (Å²) in [5, 5.41) is 17.7. The van der Waals surface area contributed by atoms with Gasteiger partial charge in [0.25, 0.3) is 0 Å². The van der Waals surface area contributed by atoms with Gasteiger partial charge in [0.15, 0.2) is 0 Å². The first-order valence-corrected chi connectivity index (χ1v) is 3.70. The second-order valence-electron chi connectivity index (χ2n) is 2.45. The number of hydrogen-bond acceptors (Lipinski definition) is 3. The first-order valence-electron chi connectivity index (χ1n) is 3.70. The van der Waals surface area contributed by atoms with Gasteiger partial charge in [0.2, 0.25) is 0 Å². The molecular weight excluding hydrogens is 195 g/mol. The predicted molar refractivity (Wildman–Crippen MR) is 47.0 cm³/mol. The number of aromatic carboxylic acids is 1. The number of aliphatic hydroxyl groups excluding tert-OH is 1. The van der Waals surface area contributed by atoms with Gasteiger partial charge in [-0.2, -0.15) is 0 Å². The molecule has 1 aromatic rings. The van der Waals surface area contributed by atoms with Crippen molar-refractivity contribution in [2.24, 2.45) is 0 Å². The maximum Gasteiger partial charge on any atom is 1.00 e. The molecular formula is C9H11NaO4. The monoisotopic (exact) mass is 206 g/mol. The maximum absolute atomic E-state index is 10.7. The standard InChI is InChI=1S/C9H10O4.Na.H/c1-13-8-4-2-3-6(9(11)12)7(8)5-10;;/h2-4,10H,5H2,1H3,(H,11,12);;/q;+1;-1. The molecule has 0 heterocycles. The van der Waals surface area contributed by atoms with Gasteiger partial charge in [-0.1, -0.05) is 6.07 Å². The van der Waals surface area contributed by atoms with E-state index in [0.717, 1.165) is 0 Å². The molecule has 0 atom stereocenters. The van der Waals surface area contributed by atoms with E-state index in [0.29, 0.717) is 11.3 Å². The second-order valence-corrected chi connectivity index (χ2v) is 2.45. The number of rotatable bonds is 3. The van der Waals surface area contributed by atoms with Crippen LogP contribution in [-0.2, 0) is 6.61 Å². The Morgan fingerprint density at radius 2 is 2.21 bits per heavy atom. The molecule has 5 heteroatoms. The third-order valence-corrected chi connectivity index (χ3v) is 1.74. The summed E-state index contributed by atoms with van der Waals surface area (Å²) in [6, 6.07) is 4.61. The van der Waals surface area contributed by atoms with Gasteiger partial charge in [0, 0.05) is 5.56 Å². The van der Waals surface area contributed by atoms with Crippen molar-refractivity contribution in [2.45, 2.75) is 6.61 Å². The molecule has 0 saturated heterocycles. The van der Waals surface area contributed by atoms with Gasteiger partial charge in [0.05, 0.1) is 19.3 Å². The SMILES string of the molecule is COc1cccc(C(=O)O)c1CO.[H-].[Na+]. The second kappa shape index (κ2) is 6.03. The van der Waals surface area contributed by atoms with E-state index in [9.17, 15) is 4.79 Å². The summed E-state index contributed by atoms with van der Waals surface area (Å²) in [4.78, 5) is 10.7. The molecule has 0 aromatic heterocycles. The number of benzene rings is 1. The number of ether oxygens (including phenoxy) is 1. The Bertz CT molecular complexity index is 330. The molecule has 2 N–H and O–H groups in total. The van der Waals surface area contributed by atoms with Crippen LogP contribution < -0.4 is 34.3 Å². The van der Waals surface area contributed by atoms with E-state index in [4.69, 9.17) is 14.9 Å². The van der Waals surface area contributed by atoms with Gasteiger partial charge >= 0.3 is 35.5 Å². The van der Waals surface area contributed by atoms with Crippen LogP contribution in [0, 0.1) is 0 Å². The molecule has 1 rings (SSSR count). The molecule has 0 bridgehead atoms. The predicted octanol–water partition coefficient (Wildman–Crippen LogP) is -2.00. The Morgan fingerprint density at radius 1 is 1.57 bits per heavy atom. The van der Waals surface area contributed by atoms with Crippen LogP contribution in [0.2, 0.25) is 0 Å². The van der Waals surface area contributed by atoms with Crippen molar-refractivity contribution in [1.82, 2.24) is 0 Å². The fourth-order valence-electron chi connectivity index (χ4n) is 1.12. The summed E-state index contributed by atoms with van der Waals surface area (Å²) in [5.74, 6) is -0.676. The number of carboxylic acids is 1. The van der Waals surface area contributed by atoms with Gasteiger partial charge in [-0.3, -0.25) is 0 Å². The van der Waals surface area contributed by atoms with Crippen LogP contribution in [0.3, 0.4) is 0 Å². The van der Waals surface area contributed by atoms with Gasteiger partial charge < -0.3 is 16.4 Å². The Kier molecular flexibility index (Phi) is 5.79. The van der Waals surface area contributed by atoms with Crippen molar-refractivity contribution in [2.75, 3.05) is 7.11 Å². The number of aliphatic hydroxyl groups is 1. The van der Waals surface area contributed by atoms with Crippen molar-refractivity contribution in [3.63, 3.8) is 0 Å². The first kappa shape index (κ1) is 13.4. The van der Waals surface area contributed by atoms with Gasteiger partial charge in [0.1, 0.15) is 5.75 Å². The van der Waals surface area contributed by atoms with Crippen LogP contribution in [0.1, 0.15) is 17.3 Å². The molecule has 1 aromatic carbocycles. The normalized spacial score (nSPS) is 9.00. The number of hydrogen-bond donors (Lipinski definition) is 2. The molecule has 0 aliphatic rings.